The van der Waals surface area contributed by atoms with E-state index in [0.717, 1.165) is 31.7 Å². The molecule has 116 valence electrons. The lowest BCUT2D eigenvalue weighted by Gasteiger charge is -2.28. The van der Waals surface area contributed by atoms with E-state index in [4.69, 9.17) is 5.73 Å². The van der Waals surface area contributed by atoms with E-state index in [9.17, 15) is 4.39 Å². The molecule has 0 unspecified atom stereocenters. The summed E-state index contributed by atoms with van der Waals surface area (Å²) in [5.41, 5.74) is 6.96. The third-order valence-corrected chi connectivity index (χ3v) is 4.20. The molecule has 3 N–H and O–H groups in total. The molecule has 1 aliphatic rings. The van der Waals surface area contributed by atoms with E-state index in [2.05, 4.69) is 36.1 Å². The van der Waals surface area contributed by atoms with Crippen molar-refractivity contribution >= 4 is 38.9 Å². The molecule has 0 spiro atoms. The predicted octanol–water partition coefficient (Wildman–Crippen LogP) is 3.69. The van der Waals surface area contributed by atoms with E-state index < -0.39 is 0 Å². The van der Waals surface area contributed by atoms with Gasteiger partial charge in [-0.3, -0.25) is 0 Å². The van der Waals surface area contributed by atoms with Crippen molar-refractivity contribution < 1.29 is 4.39 Å². The number of benzene rings is 1. The number of hydrogen-bond donors (Lipinski definition) is 2. The first-order chi connectivity index (χ1) is 10.6. The van der Waals surface area contributed by atoms with Crippen LogP contribution in [0.15, 0.2) is 29.0 Å². The Labute approximate surface area is 136 Å². The molecule has 0 saturated carbocycles. The monoisotopic (exact) mass is 365 g/mol. The third-order valence-electron chi connectivity index (χ3n) is 3.70. The zero-order valence-corrected chi connectivity index (χ0v) is 13.6. The fourth-order valence-electron chi connectivity index (χ4n) is 2.56. The van der Waals surface area contributed by atoms with Gasteiger partial charge in [0.2, 0.25) is 0 Å². The van der Waals surface area contributed by atoms with Gasteiger partial charge in [0.25, 0.3) is 0 Å². The topological polar surface area (TPSA) is 67.1 Å². The summed E-state index contributed by atoms with van der Waals surface area (Å²) in [5, 5.41) is 2.95. The number of nitrogen functional groups attached to an aromatic ring is 1. The van der Waals surface area contributed by atoms with Gasteiger partial charge < -0.3 is 16.0 Å². The molecule has 0 amide bonds. The predicted molar refractivity (Wildman–Crippen MR) is 89.9 cm³/mol. The Morgan fingerprint density at radius 2 is 1.95 bits per heavy atom. The fourth-order valence-corrected chi connectivity index (χ4v) is 2.90. The van der Waals surface area contributed by atoms with Crippen LogP contribution in [-0.4, -0.2) is 23.1 Å². The molecular weight excluding hydrogens is 349 g/mol. The summed E-state index contributed by atoms with van der Waals surface area (Å²) in [7, 11) is 0. The van der Waals surface area contributed by atoms with E-state index in [1.807, 2.05) is 0 Å². The number of anilines is 4. The maximum Gasteiger partial charge on any atom is 0.159 e. The SMILES string of the molecule is Nc1c(Nc2ccc(Br)cc2F)ncnc1N1CCCCC1. The number of nitrogens with two attached hydrogens (primary N) is 1. The smallest absolute Gasteiger partial charge is 0.159 e. The Balaban J connectivity index is 1.87. The molecule has 7 heteroatoms. The minimum Gasteiger partial charge on any atom is -0.393 e. The van der Waals surface area contributed by atoms with Gasteiger partial charge in [0.1, 0.15) is 17.8 Å². The van der Waals surface area contributed by atoms with Crippen LogP contribution in [0.25, 0.3) is 0 Å². The van der Waals surface area contributed by atoms with Gasteiger partial charge >= 0.3 is 0 Å². The largest absolute Gasteiger partial charge is 0.393 e. The standard InChI is InChI=1S/C15H17BrFN5/c16-10-4-5-12(11(17)8-10)21-14-13(18)15(20-9-19-14)22-6-2-1-3-7-22/h4-5,8-9H,1-3,6-7,18H2,(H,19,20,21). The van der Waals surface area contributed by atoms with E-state index in [1.165, 1.54) is 18.8 Å². The molecule has 3 rings (SSSR count). The normalized spacial score (nSPS) is 14.9. The molecule has 1 aromatic heterocycles. The highest BCUT2D eigenvalue weighted by atomic mass is 79.9. The van der Waals surface area contributed by atoms with Crippen molar-refractivity contribution in [3.63, 3.8) is 0 Å². The van der Waals surface area contributed by atoms with Gasteiger partial charge in [0.05, 0.1) is 5.69 Å². The van der Waals surface area contributed by atoms with Crippen LogP contribution >= 0.6 is 15.9 Å². The molecular formula is C15H17BrFN5. The Morgan fingerprint density at radius 3 is 2.68 bits per heavy atom. The zero-order chi connectivity index (χ0) is 15.5. The molecule has 2 aromatic rings. The first-order valence-electron chi connectivity index (χ1n) is 7.22. The minimum atomic E-state index is -0.369. The third kappa shape index (κ3) is 3.14. The molecule has 0 atom stereocenters. The van der Waals surface area contributed by atoms with Crippen LogP contribution in [0.2, 0.25) is 0 Å². The number of nitrogens with zero attached hydrogens (tertiary/aromatic N) is 3. The average Bonchev–Trinajstić information content (AvgIpc) is 2.53. The van der Waals surface area contributed by atoms with Crippen molar-refractivity contribution in [1.29, 1.82) is 0 Å². The molecule has 22 heavy (non-hydrogen) atoms. The highest BCUT2D eigenvalue weighted by Gasteiger charge is 2.18. The van der Waals surface area contributed by atoms with Crippen LogP contribution in [0.4, 0.5) is 27.4 Å². The van der Waals surface area contributed by atoms with Gasteiger partial charge in [0, 0.05) is 17.6 Å². The number of piperidine rings is 1. The minimum absolute atomic E-state index is 0.332. The van der Waals surface area contributed by atoms with Crippen molar-refractivity contribution in [2.75, 3.05) is 29.0 Å². The molecule has 1 saturated heterocycles. The van der Waals surface area contributed by atoms with Gasteiger partial charge in [0.15, 0.2) is 11.6 Å². The van der Waals surface area contributed by atoms with Crippen LogP contribution in [0.5, 0.6) is 0 Å². The second-order valence-electron chi connectivity index (χ2n) is 5.26. The van der Waals surface area contributed by atoms with Crippen molar-refractivity contribution in [2.45, 2.75) is 19.3 Å². The second-order valence-corrected chi connectivity index (χ2v) is 6.17. The van der Waals surface area contributed by atoms with Crippen molar-refractivity contribution in [3.05, 3.63) is 34.8 Å². The lowest BCUT2D eigenvalue weighted by atomic mass is 10.1. The molecule has 2 heterocycles. The van der Waals surface area contributed by atoms with Crippen molar-refractivity contribution in [2.24, 2.45) is 0 Å². The quantitative estimate of drug-likeness (QED) is 0.867. The summed E-state index contributed by atoms with van der Waals surface area (Å²) in [4.78, 5) is 10.6. The van der Waals surface area contributed by atoms with Crippen LogP contribution in [-0.2, 0) is 0 Å². The van der Waals surface area contributed by atoms with E-state index >= 15 is 0 Å². The number of nitrogens with one attached hydrogen (secondary N) is 1. The highest BCUT2D eigenvalue weighted by molar-refractivity contribution is 9.10. The van der Waals surface area contributed by atoms with Crippen LogP contribution < -0.4 is 16.0 Å². The first-order valence-corrected chi connectivity index (χ1v) is 8.02. The Kier molecular flexibility index (Phi) is 4.42. The molecule has 1 aliphatic heterocycles. The maximum absolute atomic E-state index is 13.9. The molecule has 1 fully saturated rings. The first kappa shape index (κ1) is 15.0. The fraction of sp³-hybridized carbons (Fsp3) is 0.333. The summed E-state index contributed by atoms with van der Waals surface area (Å²) >= 11 is 3.24. The van der Waals surface area contributed by atoms with Gasteiger partial charge in [-0.05, 0) is 37.5 Å². The summed E-state index contributed by atoms with van der Waals surface area (Å²) in [6, 6.07) is 4.79. The lowest BCUT2D eigenvalue weighted by molar-refractivity contribution is 0.573. The van der Waals surface area contributed by atoms with Crippen molar-refractivity contribution in [3.8, 4) is 0 Å². The summed E-state index contributed by atoms with van der Waals surface area (Å²) in [5.74, 6) is 0.776. The van der Waals surface area contributed by atoms with Gasteiger partial charge in [-0.1, -0.05) is 15.9 Å². The number of hydrogen-bond acceptors (Lipinski definition) is 5. The summed E-state index contributed by atoms with van der Waals surface area (Å²) in [6.07, 6.45) is 4.96. The number of aromatic nitrogens is 2. The van der Waals surface area contributed by atoms with Crippen LogP contribution in [0.1, 0.15) is 19.3 Å². The average molecular weight is 366 g/mol. The van der Waals surface area contributed by atoms with Gasteiger partial charge in [-0.2, -0.15) is 0 Å². The summed E-state index contributed by atoms with van der Waals surface area (Å²) in [6.45, 7) is 1.88. The Morgan fingerprint density at radius 1 is 1.18 bits per heavy atom. The van der Waals surface area contributed by atoms with E-state index in [-0.39, 0.29) is 5.82 Å². The van der Waals surface area contributed by atoms with E-state index in [1.54, 1.807) is 12.1 Å². The highest BCUT2D eigenvalue weighted by Crippen LogP contribution is 2.31. The Hall–Kier alpha value is -1.89. The van der Waals surface area contributed by atoms with Gasteiger partial charge in [-0.15, -0.1) is 0 Å². The zero-order valence-electron chi connectivity index (χ0n) is 12.0. The van der Waals surface area contributed by atoms with Crippen LogP contribution in [0.3, 0.4) is 0 Å². The van der Waals surface area contributed by atoms with Crippen molar-refractivity contribution in [1.82, 2.24) is 9.97 Å². The Bertz CT molecular complexity index is 673. The number of halogens is 2. The van der Waals surface area contributed by atoms with Crippen LogP contribution in [0, 0.1) is 5.82 Å². The lowest BCUT2D eigenvalue weighted by Crippen LogP contribution is -2.31. The molecule has 0 aliphatic carbocycles. The number of rotatable bonds is 3. The second kappa shape index (κ2) is 6.48. The molecule has 0 radical (unpaired) electrons. The molecule has 0 bridgehead atoms. The molecule has 5 nitrogen and oxygen atoms in total. The summed E-state index contributed by atoms with van der Waals surface area (Å²) < 4.78 is 14.6. The maximum atomic E-state index is 13.9. The van der Waals surface area contributed by atoms with E-state index in [0.29, 0.717) is 21.7 Å². The van der Waals surface area contributed by atoms with Gasteiger partial charge in [-0.25, -0.2) is 14.4 Å². The molecule has 1 aromatic carbocycles.